The van der Waals surface area contributed by atoms with Crippen molar-refractivity contribution in [3.05, 3.63) is 15.9 Å². The molecule has 19 heavy (non-hydrogen) atoms. The number of hydrogen-bond donors (Lipinski definition) is 1. The molecule has 0 saturated heterocycles. The third-order valence-electron chi connectivity index (χ3n) is 4.09. The monoisotopic (exact) mass is 327 g/mol. The maximum atomic E-state index is 4.56. The zero-order valence-corrected chi connectivity index (χ0v) is 14.0. The van der Waals surface area contributed by atoms with Gasteiger partial charge in [-0.15, -0.1) is 0 Å². The lowest BCUT2D eigenvalue weighted by molar-refractivity contribution is 0.432. The van der Waals surface area contributed by atoms with Gasteiger partial charge >= 0.3 is 0 Å². The van der Waals surface area contributed by atoms with E-state index >= 15 is 0 Å². The summed E-state index contributed by atoms with van der Waals surface area (Å²) in [5.41, 5.74) is 2.53. The molecule has 2 rings (SSSR count). The minimum absolute atomic E-state index is 0.739. The van der Waals surface area contributed by atoms with Crippen molar-refractivity contribution >= 4 is 15.9 Å². The highest BCUT2D eigenvalue weighted by Crippen LogP contribution is 2.35. The topological polar surface area (TPSA) is 29.9 Å². The van der Waals surface area contributed by atoms with Gasteiger partial charge in [-0.2, -0.15) is 5.10 Å². The van der Waals surface area contributed by atoms with E-state index < -0.39 is 0 Å². The van der Waals surface area contributed by atoms with Crippen LogP contribution in [0.5, 0.6) is 0 Å². The molecule has 1 fully saturated rings. The molecule has 0 aliphatic heterocycles. The van der Waals surface area contributed by atoms with Crippen LogP contribution in [0.4, 0.5) is 0 Å². The van der Waals surface area contributed by atoms with Crippen molar-refractivity contribution in [3.63, 3.8) is 0 Å². The molecule has 1 heterocycles. The summed E-state index contributed by atoms with van der Waals surface area (Å²) in [6.45, 7) is 5.46. The Bertz CT molecular complexity index is 410. The van der Waals surface area contributed by atoms with E-state index in [1.54, 1.807) is 0 Å². The first-order chi connectivity index (χ1) is 9.17. The van der Waals surface area contributed by atoms with Crippen LogP contribution in [0.25, 0.3) is 0 Å². The van der Waals surface area contributed by atoms with Gasteiger partial charge in [-0.1, -0.05) is 13.8 Å². The molecule has 1 aromatic rings. The van der Waals surface area contributed by atoms with Crippen molar-refractivity contribution in [1.29, 1.82) is 0 Å². The zero-order chi connectivity index (χ0) is 13.8. The smallest absolute Gasteiger partial charge is 0.0766 e. The van der Waals surface area contributed by atoms with Gasteiger partial charge in [0.05, 0.1) is 15.9 Å². The van der Waals surface area contributed by atoms with E-state index in [4.69, 9.17) is 0 Å². The second kappa shape index (κ2) is 6.89. The van der Waals surface area contributed by atoms with Gasteiger partial charge in [-0.25, -0.2) is 0 Å². The van der Waals surface area contributed by atoms with E-state index in [2.05, 4.69) is 47.2 Å². The molecule has 1 aliphatic rings. The minimum Gasteiger partial charge on any atom is -0.314 e. The van der Waals surface area contributed by atoms with Crippen LogP contribution < -0.4 is 5.32 Å². The van der Waals surface area contributed by atoms with Gasteiger partial charge in [0.1, 0.15) is 0 Å². The summed E-state index contributed by atoms with van der Waals surface area (Å²) < 4.78 is 3.27. The fourth-order valence-corrected chi connectivity index (χ4v) is 3.66. The van der Waals surface area contributed by atoms with Crippen LogP contribution in [-0.4, -0.2) is 22.4 Å². The van der Waals surface area contributed by atoms with Crippen LogP contribution in [-0.2, 0) is 19.9 Å². The van der Waals surface area contributed by atoms with Crippen molar-refractivity contribution in [2.24, 2.45) is 13.0 Å². The first kappa shape index (κ1) is 15.0. The van der Waals surface area contributed by atoms with E-state index in [0.29, 0.717) is 0 Å². The van der Waals surface area contributed by atoms with Crippen molar-refractivity contribution in [3.8, 4) is 0 Å². The normalized spacial score (nSPS) is 16.8. The fraction of sp³-hybridized carbons (Fsp3) is 0.800. The van der Waals surface area contributed by atoms with E-state index in [1.165, 1.54) is 41.5 Å². The number of aryl methyl sites for hydroxylation is 2. The molecule has 1 aliphatic carbocycles. The molecule has 0 bridgehead atoms. The lowest BCUT2D eigenvalue weighted by Crippen LogP contribution is -2.30. The first-order valence-electron chi connectivity index (χ1n) is 7.61. The second-order valence-corrected chi connectivity index (χ2v) is 6.37. The van der Waals surface area contributed by atoms with Crippen LogP contribution in [0.1, 0.15) is 50.9 Å². The van der Waals surface area contributed by atoms with Gasteiger partial charge in [-0.3, -0.25) is 4.68 Å². The van der Waals surface area contributed by atoms with E-state index in [-0.39, 0.29) is 0 Å². The summed E-state index contributed by atoms with van der Waals surface area (Å²) in [4.78, 5) is 0. The number of aromatic nitrogens is 2. The third kappa shape index (κ3) is 3.82. The molecule has 0 spiro atoms. The van der Waals surface area contributed by atoms with Gasteiger partial charge in [0.15, 0.2) is 0 Å². The van der Waals surface area contributed by atoms with Gasteiger partial charge < -0.3 is 5.32 Å². The van der Waals surface area contributed by atoms with Gasteiger partial charge in [0, 0.05) is 13.1 Å². The van der Waals surface area contributed by atoms with Crippen LogP contribution in [0.15, 0.2) is 4.47 Å². The summed E-state index contributed by atoms with van der Waals surface area (Å²) in [5, 5.41) is 8.21. The SMILES string of the molecule is CCNC(CCCc1c(Br)c(CC)nn1C)C1CC1. The highest BCUT2D eigenvalue weighted by molar-refractivity contribution is 9.10. The first-order valence-corrected chi connectivity index (χ1v) is 8.40. The predicted octanol–water partition coefficient (Wildman–Crippen LogP) is 3.46. The summed E-state index contributed by atoms with van der Waals surface area (Å²) in [6.07, 6.45) is 7.50. The van der Waals surface area contributed by atoms with Crippen LogP contribution in [0, 0.1) is 5.92 Å². The Hall–Kier alpha value is -0.350. The summed E-state index contributed by atoms with van der Waals surface area (Å²) in [7, 11) is 2.06. The summed E-state index contributed by atoms with van der Waals surface area (Å²) in [5.74, 6) is 0.945. The van der Waals surface area contributed by atoms with Crippen LogP contribution in [0.2, 0.25) is 0 Å². The molecule has 0 amide bonds. The quantitative estimate of drug-likeness (QED) is 0.792. The number of rotatable bonds is 8. The number of nitrogens with zero attached hydrogens (tertiary/aromatic N) is 2. The summed E-state index contributed by atoms with van der Waals surface area (Å²) in [6, 6.07) is 0.739. The van der Waals surface area contributed by atoms with Crippen LogP contribution >= 0.6 is 15.9 Å². The number of nitrogens with one attached hydrogen (secondary N) is 1. The maximum Gasteiger partial charge on any atom is 0.0766 e. The van der Waals surface area contributed by atoms with E-state index in [1.807, 2.05) is 4.68 Å². The lowest BCUT2D eigenvalue weighted by atomic mass is 10.0. The van der Waals surface area contributed by atoms with E-state index in [9.17, 15) is 0 Å². The average molecular weight is 328 g/mol. The van der Waals surface area contributed by atoms with Gasteiger partial charge in [0.2, 0.25) is 0 Å². The van der Waals surface area contributed by atoms with Crippen LogP contribution in [0.3, 0.4) is 0 Å². The van der Waals surface area contributed by atoms with Gasteiger partial charge in [0.25, 0.3) is 0 Å². The van der Waals surface area contributed by atoms with Gasteiger partial charge in [-0.05, 0) is 66.9 Å². The Labute approximate surface area is 125 Å². The molecule has 1 unspecified atom stereocenters. The van der Waals surface area contributed by atoms with Crippen molar-refractivity contribution < 1.29 is 0 Å². The highest BCUT2D eigenvalue weighted by Gasteiger charge is 2.30. The molecule has 108 valence electrons. The molecule has 1 saturated carbocycles. The molecular formula is C15H26BrN3. The van der Waals surface area contributed by atoms with E-state index in [0.717, 1.165) is 31.3 Å². The second-order valence-electron chi connectivity index (χ2n) is 5.58. The fourth-order valence-electron chi connectivity index (χ4n) is 2.85. The molecule has 1 aromatic heterocycles. The molecule has 1 atom stereocenters. The Balaban J connectivity index is 1.86. The molecule has 0 aromatic carbocycles. The highest BCUT2D eigenvalue weighted by atomic mass is 79.9. The number of halogens is 1. The Kier molecular flexibility index (Phi) is 5.46. The molecule has 4 heteroatoms. The minimum atomic E-state index is 0.739. The van der Waals surface area contributed by atoms with Crippen molar-refractivity contribution in [2.75, 3.05) is 6.54 Å². The lowest BCUT2D eigenvalue weighted by Gasteiger charge is -2.17. The predicted molar refractivity (Wildman–Crippen MR) is 83.4 cm³/mol. The summed E-state index contributed by atoms with van der Waals surface area (Å²) >= 11 is 3.70. The largest absolute Gasteiger partial charge is 0.314 e. The zero-order valence-electron chi connectivity index (χ0n) is 12.4. The molecule has 0 radical (unpaired) electrons. The van der Waals surface area contributed by atoms with Crippen molar-refractivity contribution in [2.45, 2.75) is 58.4 Å². The van der Waals surface area contributed by atoms with Crippen molar-refractivity contribution in [1.82, 2.24) is 15.1 Å². The molecule has 3 nitrogen and oxygen atoms in total. The third-order valence-corrected chi connectivity index (χ3v) is 5.00. The Morgan fingerprint density at radius 1 is 1.42 bits per heavy atom. The molecule has 1 N–H and O–H groups in total. The Morgan fingerprint density at radius 2 is 2.16 bits per heavy atom. The Morgan fingerprint density at radius 3 is 2.68 bits per heavy atom. The maximum absolute atomic E-state index is 4.56. The molecular weight excluding hydrogens is 302 g/mol. The average Bonchev–Trinajstić information content (AvgIpc) is 3.19. The standard InChI is InChI=1S/C15H26BrN3/c1-4-12-15(16)14(19(3)18-12)8-6-7-13(17-5-2)11-9-10-11/h11,13,17H,4-10H2,1-3H3. The number of hydrogen-bond acceptors (Lipinski definition) is 2.